The Morgan fingerprint density at radius 2 is 1.74 bits per heavy atom. The highest BCUT2D eigenvalue weighted by molar-refractivity contribution is 6.33. The molecule has 2 aromatic heterocycles. The van der Waals surface area contributed by atoms with Gasteiger partial charge >= 0.3 is 6.18 Å². The van der Waals surface area contributed by atoms with E-state index in [1.165, 1.54) is 0 Å². The fourth-order valence-corrected chi connectivity index (χ4v) is 2.93. The molecule has 2 heterocycles. The van der Waals surface area contributed by atoms with Gasteiger partial charge in [-0.3, -0.25) is 0 Å². The van der Waals surface area contributed by atoms with Crippen LogP contribution in [0.2, 0.25) is 10.0 Å². The Kier molecular flexibility index (Phi) is 7.11. The first-order valence-corrected chi connectivity index (χ1v) is 9.42. The van der Waals surface area contributed by atoms with Crippen molar-refractivity contribution in [2.45, 2.75) is 19.0 Å². The number of aromatic nitrogens is 3. The average molecular weight is 479 g/mol. The second kappa shape index (κ2) is 9.61. The highest BCUT2D eigenvalue weighted by atomic mass is 35.5. The summed E-state index contributed by atoms with van der Waals surface area (Å²) in [7, 11) is 0. The number of benzene rings is 1. The van der Waals surface area contributed by atoms with E-state index in [9.17, 15) is 22.0 Å². The average Bonchev–Trinajstić information content (AvgIpc) is 2.71. The van der Waals surface area contributed by atoms with Gasteiger partial charge in [-0.15, -0.1) is 0 Å². The first-order chi connectivity index (χ1) is 14.6. The number of hydrogen-bond acceptors (Lipinski definition) is 5. The quantitative estimate of drug-likeness (QED) is 0.388. The van der Waals surface area contributed by atoms with E-state index in [0.717, 1.165) is 18.0 Å². The lowest BCUT2D eigenvalue weighted by molar-refractivity contribution is -0.137. The van der Waals surface area contributed by atoms with Gasteiger partial charge in [0.15, 0.2) is 0 Å². The molecule has 164 valence electrons. The first kappa shape index (κ1) is 23.0. The Morgan fingerprint density at radius 3 is 2.35 bits per heavy atom. The van der Waals surface area contributed by atoms with Gasteiger partial charge in [-0.05, 0) is 30.2 Å². The van der Waals surface area contributed by atoms with Gasteiger partial charge in [-0.2, -0.15) is 13.2 Å². The summed E-state index contributed by atoms with van der Waals surface area (Å²) in [6.07, 6.45) is -5.22. The van der Waals surface area contributed by atoms with E-state index in [0.29, 0.717) is 24.9 Å². The van der Waals surface area contributed by atoms with Crippen LogP contribution in [-0.4, -0.2) is 21.5 Å². The molecule has 0 aliphatic carbocycles. The van der Waals surface area contributed by atoms with Crippen LogP contribution in [0.3, 0.4) is 0 Å². The number of rotatable bonds is 7. The maximum Gasteiger partial charge on any atom is 0.417 e. The minimum Gasteiger partial charge on any atom is -0.438 e. The van der Waals surface area contributed by atoms with Crippen LogP contribution in [-0.2, 0) is 12.6 Å². The van der Waals surface area contributed by atoms with Crippen LogP contribution in [0.25, 0.3) is 0 Å². The molecule has 3 aromatic rings. The standard InChI is InChI=1S/C19H13Cl2F5N4O/c20-13-7-11(19(24,25)26)8-28-18(13)31-12-3-1-10(2-4-12)5-6-27-17-14(21)15(16(22)23)29-9-30-17/h1-4,7-9,16H,5-6H2,(H,27,29,30). The summed E-state index contributed by atoms with van der Waals surface area (Å²) in [5.41, 5.74) is -0.654. The van der Waals surface area contributed by atoms with Crippen molar-refractivity contribution in [3.8, 4) is 11.6 Å². The van der Waals surface area contributed by atoms with Gasteiger partial charge in [-0.25, -0.2) is 23.7 Å². The number of anilines is 1. The molecule has 1 aromatic carbocycles. The van der Waals surface area contributed by atoms with Crippen molar-refractivity contribution >= 4 is 29.0 Å². The number of nitrogens with zero attached hydrogens (tertiary/aromatic N) is 3. The minimum atomic E-state index is -4.55. The summed E-state index contributed by atoms with van der Waals surface area (Å²) in [4.78, 5) is 10.9. The van der Waals surface area contributed by atoms with E-state index in [1.54, 1.807) is 24.3 Å². The summed E-state index contributed by atoms with van der Waals surface area (Å²) in [6, 6.07) is 7.37. The van der Waals surface area contributed by atoms with Crippen molar-refractivity contribution in [3.05, 3.63) is 69.7 Å². The van der Waals surface area contributed by atoms with Gasteiger partial charge in [0.2, 0.25) is 5.88 Å². The predicted molar refractivity (Wildman–Crippen MR) is 105 cm³/mol. The molecule has 0 aliphatic heterocycles. The van der Waals surface area contributed by atoms with Crippen molar-refractivity contribution in [3.63, 3.8) is 0 Å². The second-order valence-electron chi connectivity index (χ2n) is 6.15. The van der Waals surface area contributed by atoms with Crippen LogP contribution in [0.4, 0.5) is 27.8 Å². The van der Waals surface area contributed by atoms with Gasteiger partial charge in [0.25, 0.3) is 6.43 Å². The molecule has 0 unspecified atom stereocenters. The summed E-state index contributed by atoms with van der Waals surface area (Å²) in [5, 5.41) is 2.36. The molecule has 1 N–H and O–H groups in total. The number of alkyl halides is 5. The number of hydrogen-bond donors (Lipinski definition) is 1. The molecule has 0 bridgehead atoms. The Labute approximate surface area is 183 Å². The third-order valence-electron chi connectivity index (χ3n) is 4.00. The normalized spacial score (nSPS) is 11.6. The lowest BCUT2D eigenvalue weighted by atomic mass is 10.1. The highest BCUT2D eigenvalue weighted by Gasteiger charge is 2.31. The fourth-order valence-electron chi connectivity index (χ4n) is 2.48. The van der Waals surface area contributed by atoms with Crippen LogP contribution in [0.5, 0.6) is 11.6 Å². The second-order valence-corrected chi connectivity index (χ2v) is 6.94. The van der Waals surface area contributed by atoms with Crippen molar-refractivity contribution in [1.29, 1.82) is 0 Å². The zero-order valence-electron chi connectivity index (χ0n) is 15.4. The van der Waals surface area contributed by atoms with E-state index < -0.39 is 23.9 Å². The molecule has 0 aliphatic rings. The smallest absolute Gasteiger partial charge is 0.417 e. The summed E-state index contributed by atoms with van der Waals surface area (Å²) in [6.45, 7) is 0.353. The van der Waals surface area contributed by atoms with Crippen LogP contribution < -0.4 is 10.1 Å². The van der Waals surface area contributed by atoms with Gasteiger partial charge in [0, 0.05) is 12.7 Å². The molecule has 5 nitrogen and oxygen atoms in total. The van der Waals surface area contributed by atoms with Gasteiger partial charge in [0.05, 0.1) is 5.56 Å². The Hall–Kier alpha value is -2.72. The zero-order valence-corrected chi connectivity index (χ0v) is 16.9. The van der Waals surface area contributed by atoms with Gasteiger partial charge in [0.1, 0.15) is 33.6 Å². The summed E-state index contributed by atoms with van der Waals surface area (Å²) < 4.78 is 69.0. The third kappa shape index (κ3) is 5.92. The maximum atomic E-state index is 12.8. The Morgan fingerprint density at radius 1 is 1.03 bits per heavy atom. The largest absolute Gasteiger partial charge is 0.438 e. The third-order valence-corrected chi connectivity index (χ3v) is 4.65. The number of nitrogens with one attached hydrogen (secondary N) is 1. The topological polar surface area (TPSA) is 59.9 Å². The van der Waals surface area contributed by atoms with Crippen molar-refractivity contribution in [1.82, 2.24) is 15.0 Å². The number of halogens is 7. The molecule has 0 atom stereocenters. The Bertz CT molecular complexity index is 1050. The van der Waals surface area contributed by atoms with Crippen molar-refractivity contribution < 1.29 is 26.7 Å². The summed E-state index contributed by atoms with van der Waals surface area (Å²) in [5.74, 6) is 0.276. The van der Waals surface area contributed by atoms with E-state index >= 15 is 0 Å². The van der Waals surface area contributed by atoms with E-state index in [4.69, 9.17) is 27.9 Å². The van der Waals surface area contributed by atoms with Crippen LogP contribution in [0.15, 0.2) is 42.9 Å². The van der Waals surface area contributed by atoms with Crippen LogP contribution in [0.1, 0.15) is 23.2 Å². The highest BCUT2D eigenvalue weighted by Crippen LogP contribution is 2.34. The van der Waals surface area contributed by atoms with Crippen LogP contribution >= 0.6 is 23.2 Å². The van der Waals surface area contributed by atoms with Gasteiger partial charge < -0.3 is 10.1 Å². The monoisotopic (exact) mass is 478 g/mol. The van der Waals surface area contributed by atoms with Gasteiger partial charge in [-0.1, -0.05) is 35.3 Å². The van der Waals surface area contributed by atoms with Crippen molar-refractivity contribution in [2.75, 3.05) is 11.9 Å². The number of pyridine rings is 1. The van der Waals surface area contributed by atoms with E-state index in [-0.39, 0.29) is 21.7 Å². The zero-order chi connectivity index (χ0) is 22.6. The SMILES string of the molecule is FC(F)c1ncnc(NCCc2ccc(Oc3ncc(C(F)(F)F)cc3Cl)cc2)c1Cl. The lowest BCUT2D eigenvalue weighted by Crippen LogP contribution is -2.08. The molecular weight excluding hydrogens is 466 g/mol. The molecule has 0 fully saturated rings. The molecule has 3 rings (SSSR count). The molecule has 0 amide bonds. The molecule has 0 spiro atoms. The maximum absolute atomic E-state index is 12.8. The molecular formula is C19H13Cl2F5N4O. The predicted octanol–water partition coefficient (Wildman–Crippen LogP) is 6.58. The summed E-state index contributed by atoms with van der Waals surface area (Å²) >= 11 is 11.7. The first-order valence-electron chi connectivity index (χ1n) is 8.67. The number of ether oxygens (including phenoxy) is 1. The fraction of sp³-hybridized carbons (Fsp3) is 0.211. The van der Waals surface area contributed by atoms with E-state index in [1.807, 2.05) is 0 Å². The van der Waals surface area contributed by atoms with Crippen molar-refractivity contribution in [2.24, 2.45) is 0 Å². The molecule has 0 radical (unpaired) electrons. The minimum absolute atomic E-state index is 0.106. The van der Waals surface area contributed by atoms with Crippen LogP contribution in [0, 0.1) is 0 Å². The molecule has 12 heteroatoms. The molecule has 0 saturated carbocycles. The molecule has 0 saturated heterocycles. The Balaban J connectivity index is 1.58. The lowest BCUT2D eigenvalue weighted by Gasteiger charge is -2.11. The van der Waals surface area contributed by atoms with E-state index in [2.05, 4.69) is 20.3 Å². The molecule has 31 heavy (non-hydrogen) atoms.